The average molecular weight is 332 g/mol. The van der Waals surface area contributed by atoms with Crippen molar-refractivity contribution in [1.29, 1.82) is 0 Å². The van der Waals surface area contributed by atoms with Gasteiger partial charge in [0.1, 0.15) is 16.3 Å². The smallest absolute Gasteiger partial charge is 0.223 e. The van der Waals surface area contributed by atoms with Crippen molar-refractivity contribution in [2.75, 3.05) is 12.3 Å². The number of anilines is 1. The van der Waals surface area contributed by atoms with Crippen LogP contribution in [0, 0.1) is 0 Å². The fourth-order valence-electron chi connectivity index (χ4n) is 2.15. The van der Waals surface area contributed by atoms with Crippen LogP contribution in [0.5, 0.6) is 0 Å². The number of aliphatic hydroxyl groups is 1. The van der Waals surface area contributed by atoms with Crippen molar-refractivity contribution < 1.29 is 14.2 Å². The largest absolute Gasteiger partial charge is 0.394 e. The fraction of sp³-hybridized carbons (Fsp3) is 0.500. The molecule has 102 valence electrons. The Bertz CT molecular complexity index is 621. The Hall–Kier alpha value is -1.32. The van der Waals surface area contributed by atoms with E-state index in [1.165, 1.54) is 10.9 Å². The highest BCUT2D eigenvalue weighted by atomic mass is 79.9. The molecule has 3 atom stereocenters. The molecule has 0 saturated carbocycles. The van der Waals surface area contributed by atoms with Gasteiger partial charge in [-0.3, -0.25) is 4.57 Å². The van der Waals surface area contributed by atoms with Crippen molar-refractivity contribution in [2.24, 2.45) is 0 Å². The molecule has 2 aromatic heterocycles. The number of hydrogen-bond acceptors (Lipinski definition) is 6. The Morgan fingerprint density at radius 2 is 2.37 bits per heavy atom. The van der Waals surface area contributed by atoms with Crippen molar-refractivity contribution in [3.63, 3.8) is 0 Å². The number of ether oxygens (including phenoxy) is 1. The maximum absolute atomic E-state index is 13.9. The van der Waals surface area contributed by atoms with Gasteiger partial charge in [-0.25, -0.2) is 14.4 Å². The van der Waals surface area contributed by atoms with Crippen LogP contribution in [0.15, 0.2) is 10.9 Å². The van der Waals surface area contributed by atoms with Crippen LogP contribution < -0.4 is 5.73 Å². The lowest BCUT2D eigenvalue weighted by atomic mass is 10.2. The summed E-state index contributed by atoms with van der Waals surface area (Å²) in [5, 5.41) is 9.03. The first-order valence-electron chi connectivity index (χ1n) is 5.66. The minimum absolute atomic E-state index is 0.0632. The van der Waals surface area contributed by atoms with Crippen molar-refractivity contribution in [2.45, 2.75) is 24.9 Å². The predicted octanol–water partition coefficient (Wildman–Crippen LogP) is 0.789. The second kappa shape index (κ2) is 4.66. The number of aromatic nitrogens is 4. The summed E-state index contributed by atoms with van der Waals surface area (Å²) < 4.78 is 21.3. The standard InChI is InChI=1S/C10H11BrFN5O2/c11-7-6-8(16-10(13)15-7)17(3-14-6)9-5(12)1-4(2-18)19-9/h3-5,9,18H,1-2H2,(H2,13,15,16)/t4-,5-,9+/m0/s1. The Kier molecular flexibility index (Phi) is 3.11. The molecule has 0 aromatic carbocycles. The zero-order chi connectivity index (χ0) is 13.6. The van der Waals surface area contributed by atoms with E-state index in [0.29, 0.717) is 15.8 Å². The lowest BCUT2D eigenvalue weighted by Crippen LogP contribution is -2.17. The molecule has 1 aliphatic rings. The molecule has 19 heavy (non-hydrogen) atoms. The van der Waals surface area contributed by atoms with E-state index >= 15 is 0 Å². The highest BCUT2D eigenvalue weighted by Gasteiger charge is 2.37. The number of hydrogen-bond donors (Lipinski definition) is 2. The van der Waals surface area contributed by atoms with Crippen molar-refractivity contribution >= 4 is 33.0 Å². The van der Waals surface area contributed by atoms with Gasteiger partial charge in [0.05, 0.1) is 19.0 Å². The third-order valence-corrected chi connectivity index (χ3v) is 3.56. The summed E-state index contributed by atoms with van der Waals surface area (Å²) in [5.74, 6) is 0.0632. The lowest BCUT2D eigenvalue weighted by Gasteiger charge is -2.15. The van der Waals surface area contributed by atoms with E-state index in [2.05, 4.69) is 30.9 Å². The van der Waals surface area contributed by atoms with Gasteiger partial charge < -0.3 is 15.6 Å². The van der Waals surface area contributed by atoms with Gasteiger partial charge in [-0.2, -0.15) is 4.98 Å². The highest BCUT2D eigenvalue weighted by Crippen LogP contribution is 2.33. The summed E-state index contributed by atoms with van der Waals surface area (Å²) in [7, 11) is 0. The molecule has 1 saturated heterocycles. The average Bonchev–Trinajstić information content (AvgIpc) is 2.92. The van der Waals surface area contributed by atoms with Crippen molar-refractivity contribution in [3.05, 3.63) is 10.9 Å². The monoisotopic (exact) mass is 331 g/mol. The quantitative estimate of drug-likeness (QED) is 0.789. The second-order valence-corrected chi connectivity index (χ2v) is 5.03. The summed E-state index contributed by atoms with van der Waals surface area (Å²) in [5.41, 5.74) is 6.45. The second-order valence-electron chi connectivity index (χ2n) is 4.28. The minimum atomic E-state index is -1.23. The number of aliphatic hydroxyl groups excluding tert-OH is 1. The first-order chi connectivity index (χ1) is 9.10. The number of fused-ring (bicyclic) bond motifs is 1. The van der Waals surface area contributed by atoms with Crippen molar-refractivity contribution in [3.8, 4) is 0 Å². The summed E-state index contributed by atoms with van der Waals surface area (Å²) in [6.45, 7) is -0.218. The van der Waals surface area contributed by atoms with Gasteiger partial charge in [-0.1, -0.05) is 0 Å². The summed E-state index contributed by atoms with van der Waals surface area (Å²) in [4.78, 5) is 12.1. The van der Waals surface area contributed by atoms with E-state index < -0.39 is 18.5 Å². The Morgan fingerprint density at radius 1 is 1.58 bits per heavy atom. The van der Waals surface area contributed by atoms with E-state index in [1.54, 1.807) is 0 Å². The maximum Gasteiger partial charge on any atom is 0.223 e. The summed E-state index contributed by atoms with van der Waals surface area (Å²) in [6, 6.07) is 0. The van der Waals surface area contributed by atoms with E-state index in [4.69, 9.17) is 15.6 Å². The number of nitrogens with zero attached hydrogens (tertiary/aromatic N) is 4. The van der Waals surface area contributed by atoms with E-state index in [9.17, 15) is 4.39 Å². The zero-order valence-corrected chi connectivity index (χ0v) is 11.3. The van der Waals surface area contributed by atoms with Gasteiger partial charge in [0, 0.05) is 6.42 Å². The molecule has 0 spiro atoms. The first-order valence-corrected chi connectivity index (χ1v) is 6.45. The molecule has 1 fully saturated rings. The SMILES string of the molecule is Nc1nc(Br)c2ncn([C@@H]3O[C@H](CO)C[C@@H]3F)c2n1. The van der Waals surface area contributed by atoms with Crippen LogP contribution in [0.1, 0.15) is 12.6 Å². The Labute approximate surface area is 115 Å². The molecule has 3 rings (SSSR count). The molecule has 0 aliphatic carbocycles. The highest BCUT2D eigenvalue weighted by molar-refractivity contribution is 9.10. The minimum Gasteiger partial charge on any atom is -0.394 e. The molecule has 3 heterocycles. The molecule has 3 N–H and O–H groups in total. The molecule has 2 aromatic rings. The zero-order valence-electron chi connectivity index (χ0n) is 9.70. The topological polar surface area (TPSA) is 99.1 Å². The number of rotatable bonds is 2. The molecular formula is C10H11BrFN5O2. The van der Waals surface area contributed by atoms with Gasteiger partial charge in [0.2, 0.25) is 5.95 Å². The summed E-state index contributed by atoms with van der Waals surface area (Å²) >= 11 is 3.23. The molecule has 0 bridgehead atoms. The van der Waals surface area contributed by atoms with Gasteiger partial charge >= 0.3 is 0 Å². The molecule has 1 aliphatic heterocycles. The van der Waals surface area contributed by atoms with Crippen LogP contribution in [-0.4, -0.2) is 43.5 Å². The normalized spacial score (nSPS) is 27.2. The molecule has 7 nitrogen and oxygen atoms in total. The van der Waals surface area contributed by atoms with E-state index in [0.717, 1.165) is 0 Å². The molecule has 0 radical (unpaired) electrons. The van der Waals surface area contributed by atoms with Crippen molar-refractivity contribution in [1.82, 2.24) is 19.5 Å². The lowest BCUT2D eigenvalue weighted by molar-refractivity contribution is -0.0351. The molecule has 0 unspecified atom stereocenters. The number of nitrogen functional groups attached to an aromatic ring is 1. The van der Waals surface area contributed by atoms with E-state index in [1.807, 2.05) is 0 Å². The van der Waals surface area contributed by atoms with Crippen LogP contribution in [0.3, 0.4) is 0 Å². The molecule has 0 amide bonds. The third-order valence-electron chi connectivity index (χ3n) is 3.00. The number of halogens is 2. The Morgan fingerprint density at radius 3 is 3.05 bits per heavy atom. The number of alkyl halides is 1. The number of imidazole rings is 1. The van der Waals surface area contributed by atoms with Gasteiger partial charge in [-0.05, 0) is 15.9 Å². The fourth-order valence-corrected chi connectivity index (χ4v) is 2.61. The van der Waals surface area contributed by atoms with Crippen LogP contribution in [0.2, 0.25) is 0 Å². The van der Waals surface area contributed by atoms with Crippen LogP contribution in [0.4, 0.5) is 10.3 Å². The van der Waals surface area contributed by atoms with Gasteiger partial charge in [0.25, 0.3) is 0 Å². The number of nitrogens with two attached hydrogens (primary N) is 1. The maximum atomic E-state index is 13.9. The molecular weight excluding hydrogens is 321 g/mol. The molecule has 9 heteroatoms. The summed E-state index contributed by atoms with van der Waals surface area (Å²) in [6.07, 6.45) is -1.03. The Balaban J connectivity index is 2.06. The predicted molar refractivity (Wildman–Crippen MR) is 67.9 cm³/mol. The van der Waals surface area contributed by atoms with Crippen LogP contribution in [0.25, 0.3) is 11.2 Å². The first kappa shape index (κ1) is 12.7. The third kappa shape index (κ3) is 2.07. The van der Waals surface area contributed by atoms with Crippen LogP contribution in [-0.2, 0) is 4.74 Å². The van der Waals surface area contributed by atoms with Crippen LogP contribution >= 0.6 is 15.9 Å². The van der Waals surface area contributed by atoms with Gasteiger partial charge in [0.15, 0.2) is 11.9 Å². The van der Waals surface area contributed by atoms with E-state index in [-0.39, 0.29) is 19.0 Å². The van der Waals surface area contributed by atoms with Gasteiger partial charge in [-0.15, -0.1) is 0 Å².